The first-order valence-corrected chi connectivity index (χ1v) is 14.2. The van der Waals surface area contributed by atoms with E-state index in [0.29, 0.717) is 23.9 Å². The predicted molar refractivity (Wildman–Crippen MR) is 146 cm³/mol. The van der Waals surface area contributed by atoms with Crippen molar-refractivity contribution < 1.29 is 23.1 Å². The van der Waals surface area contributed by atoms with E-state index in [1.165, 1.54) is 16.7 Å². The van der Waals surface area contributed by atoms with Crippen LogP contribution in [0.3, 0.4) is 0 Å². The van der Waals surface area contributed by atoms with Gasteiger partial charge in [0, 0.05) is 35.8 Å². The van der Waals surface area contributed by atoms with Crippen molar-refractivity contribution in [3.63, 3.8) is 0 Å². The van der Waals surface area contributed by atoms with Crippen molar-refractivity contribution in [1.29, 1.82) is 0 Å². The zero-order valence-corrected chi connectivity index (χ0v) is 22.9. The van der Waals surface area contributed by atoms with Gasteiger partial charge in [-0.1, -0.05) is 19.4 Å². The molecular formula is C27H32N4O6S. The van der Waals surface area contributed by atoms with Gasteiger partial charge in [-0.25, -0.2) is 17.9 Å². The van der Waals surface area contributed by atoms with Crippen molar-refractivity contribution in [3.05, 3.63) is 69.3 Å². The minimum Gasteiger partial charge on any atom is -0.481 e. The summed E-state index contributed by atoms with van der Waals surface area (Å²) in [4.78, 5) is 38.2. The zero-order valence-electron chi connectivity index (χ0n) is 22.1. The Labute approximate surface area is 220 Å². The Bertz CT molecular complexity index is 1740. The van der Waals surface area contributed by atoms with E-state index in [9.17, 15) is 27.9 Å². The lowest BCUT2D eigenvalue weighted by Crippen LogP contribution is -2.29. The van der Waals surface area contributed by atoms with Gasteiger partial charge in [-0.05, 0) is 61.2 Å². The number of rotatable bonds is 9. The summed E-state index contributed by atoms with van der Waals surface area (Å²) in [7, 11) is -1.85. The molecule has 0 unspecified atom stereocenters. The fraction of sp³-hybridized carbons (Fsp3) is 0.370. The molecule has 38 heavy (non-hydrogen) atoms. The van der Waals surface area contributed by atoms with Gasteiger partial charge < -0.3 is 9.67 Å². The van der Waals surface area contributed by atoms with Crippen LogP contribution in [-0.4, -0.2) is 45.4 Å². The highest BCUT2D eigenvalue weighted by molar-refractivity contribution is 7.89. The number of amides is 1. The van der Waals surface area contributed by atoms with Crippen LogP contribution in [0.5, 0.6) is 0 Å². The van der Waals surface area contributed by atoms with E-state index in [1.54, 1.807) is 10.6 Å². The maximum absolute atomic E-state index is 13.9. The molecule has 2 heterocycles. The summed E-state index contributed by atoms with van der Waals surface area (Å²) in [5.41, 5.74) is 4.77. The first kappa shape index (κ1) is 27.2. The molecule has 0 aliphatic heterocycles. The summed E-state index contributed by atoms with van der Waals surface area (Å²) in [6, 6.07) is 8.07. The SMILES string of the molecule is CCC[C@@H](CC(=O)O)n1c(=O)n(Cc2cn(C)c3cc(C)cc(C)c23)c2ccc(C(=O)NS(C)(=O)=O)cc21. The van der Waals surface area contributed by atoms with Crippen LogP contribution in [0.1, 0.15) is 59.3 Å². The lowest BCUT2D eigenvalue weighted by atomic mass is 10.0. The van der Waals surface area contributed by atoms with Crippen molar-refractivity contribution >= 4 is 43.8 Å². The normalized spacial score (nSPS) is 12.8. The van der Waals surface area contributed by atoms with Crippen LogP contribution in [0.4, 0.5) is 0 Å². The van der Waals surface area contributed by atoms with Crippen molar-refractivity contribution in [1.82, 2.24) is 18.4 Å². The smallest absolute Gasteiger partial charge is 0.329 e. The summed E-state index contributed by atoms with van der Waals surface area (Å²) in [6.45, 7) is 6.21. The third-order valence-electron chi connectivity index (χ3n) is 6.74. The molecule has 0 saturated heterocycles. The second-order valence-corrected chi connectivity index (χ2v) is 11.7. The van der Waals surface area contributed by atoms with E-state index in [-0.39, 0.29) is 24.2 Å². The molecule has 2 N–H and O–H groups in total. The molecule has 0 fully saturated rings. The molecule has 0 radical (unpaired) electrons. The fourth-order valence-electron chi connectivity index (χ4n) is 5.31. The summed E-state index contributed by atoms with van der Waals surface area (Å²) in [5, 5.41) is 10.6. The maximum atomic E-state index is 13.9. The van der Waals surface area contributed by atoms with Gasteiger partial charge in [0.05, 0.1) is 30.3 Å². The number of fused-ring (bicyclic) bond motifs is 2. The molecule has 0 bridgehead atoms. The first-order chi connectivity index (χ1) is 17.8. The number of imidazole rings is 1. The number of carbonyl (C=O) groups is 2. The van der Waals surface area contributed by atoms with Gasteiger partial charge >= 0.3 is 11.7 Å². The second-order valence-electron chi connectivity index (χ2n) is 9.93. The Morgan fingerprint density at radius 1 is 1.08 bits per heavy atom. The number of aryl methyl sites for hydroxylation is 3. The molecule has 1 amide bonds. The van der Waals surface area contributed by atoms with Gasteiger partial charge in [0.1, 0.15) is 0 Å². The van der Waals surface area contributed by atoms with Crippen molar-refractivity contribution in [3.8, 4) is 0 Å². The van der Waals surface area contributed by atoms with Crippen LogP contribution in [0, 0.1) is 13.8 Å². The number of benzene rings is 2. The second kappa shape index (κ2) is 10.1. The number of nitrogens with one attached hydrogen (secondary N) is 1. The van der Waals surface area contributed by atoms with Crippen LogP contribution < -0.4 is 10.4 Å². The Hall–Kier alpha value is -3.86. The first-order valence-electron chi connectivity index (χ1n) is 12.3. The average molecular weight is 541 g/mol. The number of nitrogens with zero attached hydrogens (tertiary/aromatic N) is 3. The van der Waals surface area contributed by atoms with E-state index in [1.807, 2.05) is 43.3 Å². The molecule has 10 nitrogen and oxygen atoms in total. The number of carbonyl (C=O) groups excluding carboxylic acids is 1. The maximum Gasteiger partial charge on any atom is 0.329 e. The molecule has 2 aromatic carbocycles. The summed E-state index contributed by atoms with van der Waals surface area (Å²) < 4.78 is 30.2. The highest BCUT2D eigenvalue weighted by Crippen LogP contribution is 2.29. The number of hydrogen-bond donors (Lipinski definition) is 2. The Balaban J connectivity index is 1.95. The molecule has 0 saturated carbocycles. The van der Waals surface area contributed by atoms with E-state index in [2.05, 4.69) is 12.1 Å². The molecule has 11 heteroatoms. The highest BCUT2D eigenvalue weighted by atomic mass is 32.2. The summed E-state index contributed by atoms with van der Waals surface area (Å²) >= 11 is 0. The van der Waals surface area contributed by atoms with Gasteiger partial charge in [-0.15, -0.1) is 0 Å². The highest BCUT2D eigenvalue weighted by Gasteiger charge is 2.24. The van der Waals surface area contributed by atoms with Gasteiger partial charge in [0.25, 0.3) is 5.91 Å². The Morgan fingerprint density at radius 3 is 2.42 bits per heavy atom. The third kappa shape index (κ3) is 5.24. The standard InChI is InChI=1S/C27H32N4O6S/c1-6-7-20(13-24(32)33)31-22-12-18(26(34)28-38(5,36)37)8-9-21(22)30(27(31)35)15-19-14-29(4)23-11-16(2)10-17(3)25(19)23/h8-12,14,20H,6-7,13,15H2,1-5H3,(H,28,34)(H,32,33)/t20-/m0/s1. The lowest BCUT2D eigenvalue weighted by molar-refractivity contribution is -0.137. The molecule has 4 rings (SSSR count). The number of sulfonamides is 1. The molecule has 0 spiro atoms. The van der Waals surface area contributed by atoms with E-state index >= 15 is 0 Å². The average Bonchev–Trinajstić information content (AvgIpc) is 3.25. The zero-order chi connectivity index (χ0) is 27.9. The summed E-state index contributed by atoms with van der Waals surface area (Å²) in [6.07, 6.45) is 3.69. The molecule has 2 aromatic heterocycles. The van der Waals surface area contributed by atoms with Crippen LogP contribution in [-0.2, 0) is 28.4 Å². The fourth-order valence-corrected chi connectivity index (χ4v) is 5.77. The van der Waals surface area contributed by atoms with Gasteiger partial charge in [-0.2, -0.15) is 0 Å². The third-order valence-corrected chi connectivity index (χ3v) is 7.29. The summed E-state index contributed by atoms with van der Waals surface area (Å²) in [5.74, 6) is -1.87. The minimum absolute atomic E-state index is 0.0517. The van der Waals surface area contributed by atoms with Crippen molar-refractivity contribution in [2.45, 2.75) is 52.6 Å². The number of aliphatic carboxylic acids is 1. The Morgan fingerprint density at radius 2 is 1.79 bits per heavy atom. The number of aromatic nitrogens is 3. The predicted octanol–water partition coefficient (Wildman–Crippen LogP) is 3.47. The van der Waals surface area contributed by atoms with E-state index < -0.39 is 27.9 Å². The molecule has 0 aliphatic rings. The lowest BCUT2D eigenvalue weighted by Gasteiger charge is -2.16. The van der Waals surface area contributed by atoms with Crippen LogP contribution in [0.15, 0.2) is 41.3 Å². The minimum atomic E-state index is -3.80. The van der Waals surface area contributed by atoms with Crippen LogP contribution >= 0.6 is 0 Å². The number of carboxylic acids is 1. The molecule has 0 aliphatic carbocycles. The van der Waals surface area contributed by atoms with Gasteiger partial charge in [-0.3, -0.25) is 18.7 Å². The molecule has 202 valence electrons. The van der Waals surface area contributed by atoms with E-state index in [0.717, 1.165) is 33.8 Å². The van der Waals surface area contributed by atoms with Crippen molar-refractivity contribution in [2.24, 2.45) is 7.05 Å². The van der Waals surface area contributed by atoms with Gasteiger partial charge in [0.2, 0.25) is 10.0 Å². The van der Waals surface area contributed by atoms with Gasteiger partial charge in [0.15, 0.2) is 0 Å². The Kier molecular flexibility index (Phi) is 7.24. The van der Waals surface area contributed by atoms with E-state index in [4.69, 9.17) is 0 Å². The topological polar surface area (TPSA) is 132 Å². The monoisotopic (exact) mass is 540 g/mol. The number of hydrogen-bond acceptors (Lipinski definition) is 5. The molecular weight excluding hydrogens is 508 g/mol. The van der Waals surface area contributed by atoms with Crippen LogP contribution in [0.25, 0.3) is 21.9 Å². The number of carboxylic acid groups (broad SMARTS) is 1. The molecule has 4 aromatic rings. The van der Waals surface area contributed by atoms with Crippen LogP contribution in [0.2, 0.25) is 0 Å². The molecule has 1 atom stereocenters. The quantitative estimate of drug-likeness (QED) is 0.334. The van der Waals surface area contributed by atoms with Crippen molar-refractivity contribution in [2.75, 3.05) is 6.26 Å². The largest absolute Gasteiger partial charge is 0.481 e.